The molecule has 0 aromatic rings. The molecular weight excluding hydrogens is 548 g/mol. The van der Waals surface area contributed by atoms with E-state index < -0.39 is 36.0 Å². The van der Waals surface area contributed by atoms with Gasteiger partial charge in [0.2, 0.25) is 0 Å². The third-order valence-corrected chi connectivity index (χ3v) is 14.5. The van der Waals surface area contributed by atoms with Crippen molar-refractivity contribution in [2.45, 2.75) is 148 Å². The summed E-state index contributed by atoms with van der Waals surface area (Å²) >= 11 is 0. The van der Waals surface area contributed by atoms with Crippen molar-refractivity contribution in [2.75, 3.05) is 13.2 Å². The molecule has 8 heteroatoms. The molecule has 3 heterocycles. The molecule has 7 aliphatic rings. The van der Waals surface area contributed by atoms with Crippen LogP contribution < -0.4 is 0 Å². The molecule has 0 aromatic carbocycles. The smallest absolute Gasteiger partial charge is 0.186 e. The maximum absolute atomic E-state index is 12.0. The minimum atomic E-state index is -1.27. The lowest BCUT2D eigenvalue weighted by Gasteiger charge is -2.70. The van der Waals surface area contributed by atoms with Gasteiger partial charge in [0.05, 0.1) is 31.0 Å². The van der Waals surface area contributed by atoms with E-state index in [0.717, 1.165) is 51.6 Å². The third-order valence-electron chi connectivity index (χ3n) is 14.5. The fourth-order valence-corrected chi connectivity index (χ4v) is 12.9. The van der Waals surface area contributed by atoms with Gasteiger partial charge in [0, 0.05) is 24.2 Å². The normalized spacial score (nSPS) is 58.6. The van der Waals surface area contributed by atoms with Crippen LogP contribution in [0.15, 0.2) is 11.6 Å². The monoisotopic (exact) mass is 604 g/mol. The Morgan fingerprint density at radius 3 is 2.37 bits per heavy atom. The lowest BCUT2D eigenvalue weighted by Crippen LogP contribution is -2.67. The van der Waals surface area contributed by atoms with Crippen molar-refractivity contribution in [3.05, 3.63) is 11.6 Å². The first-order valence-corrected chi connectivity index (χ1v) is 17.0. The second-order valence-electron chi connectivity index (χ2n) is 17.4. The van der Waals surface area contributed by atoms with E-state index in [1.165, 1.54) is 5.57 Å². The van der Waals surface area contributed by atoms with E-state index >= 15 is 0 Å². The van der Waals surface area contributed by atoms with Gasteiger partial charge in [-0.2, -0.15) is 0 Å². The number of allylic oxidation sites excluding steroid dienone is 1. The van der Waals surface area contributed by atoms with Gasteiger partial charge in [-0.05, 0) is 93.3 Å². The molecule has 2 spiro atoms. The van der Waals surface area contributed by atoms with Gasteiger partial charge in [-0.3, -0.25) is 0 Å². The minimum absolute atomic E-state index is 0.00441. The SMILES string of the molecule is CC(C)=C[C@@H]1C[C@](C)(O)[C@@H]2[C@H]3CC[C@@H]4[C@@]5(C)CC[C@H](O[C@@H]6OC[C@H](O)[C@H](O)[C@H]6O)C(C)(C)[C@H]5CC[C@@]4(C)[C@@]34CO[C@@]2(C4)O1. The maximum atomic E-state index is 12.0. The Labute approximate surface area is 257 Å². The number of aliphatic hydroxyl groups excluding tert-OH is 3. The molecule has 0 unspecified atom stereocenters. The first-order valence-electron chi connectivity index (χ1n) is 17.0. The van der Waals surface area contributed by atoms with E-state index in [9.17, 15) is 20.4 Å². The van der Waals surface area contributed by atoms with E-state index in [-0.39, 0.29) is 46.4 Å². The van der Waals surface area contributed by atoms with E-state index in [1.54, 1.807) is 0 Å². The number of fused-ring (bicyclic) bond motifs is 4. The zero-order valence-corrected chi connectivity index (χ0v) is 27.3. The molecule has 4 N–H and O–H groups in total. The number of aliphatic hydroxyl groups is 4. The molecule has 4 aliphatic carbocycles. The third kappa shape index (κ3) is 4.09. The first kappa shape index (κ1) is 31.0. The highest BCUT2D eigenvalue weighted by Crippen LogP contribution is 2.80. The summed E-state index contributed by atoms with van der Waals surface area (Å²) in [4.78, 5) is 0. The molecular formula is C35H56O8. The van der Waals surface area contributed by atoms with Gasteiger partial charge in [-0.1, -0.05) is 39.3 Å². The van der Waals surface area contributed by atoms with Crippen molar-refractivity contribution in [3.63, 3.8) is 0 Å². The summed E-state index contributed by atoms with van der Waals surface area (Å²) in [6.45, 7) is 16.6. The Balaban J connectivity index is 1.17. The molecule has 7 fully saturated rings. The molecule has 43 heavy (non-hydrogen) atoms. The molecule has 7 rings (SSSR count). The molecule has 4 saturated carbocycles. The Hall–Kier alpha value is -0.580. The summed E-state index contributed by atoms with van der Waals surface area (Å²) in [5.41, 5.74) is 0.410. The van der Waals surface area contributed by atoms with E-state index in [1.807, 2.05) is 6.92 Å². The van der Waals surface area contributed by atoms with Crippen LogP contribution in [0.5, 0.6) is 0 Å². The first-order chi connectivity index (χ1) is 20.0. The quantitative estimate of drug-likeness (QED) is 0.278. The molecule has 244 valence electrons. The van der Waals surface area contributed by atoms with Crippen LogP contribution in [-0.2, 0) is 18.9 Å². The van der Waals surface area contributed by atoms with Gasteiger partial charge in [0.15, 0.2) is 12.1 Å². The molecule has 3 saturated heterocycles. The van der Waals surface area contributed by atoms with Crippen LogP contribution in [0.1, 0.15) is 99.8 Å². The maximum Gasteiger partial charge on any atom is 0.186 e. The van der Waals surface area contributed by atoms with Crippen molar-refractivity contribution in [3.8, 4) is 0 Å². The van der Waals surface area contributed by atoms with Crippen molar-refractivity contribution >= 4 is 0 Å². The molecule has 8 nitrogen and oxygen atoms in total. The highest BCUT2D eigenvalue weighted by molar-refractivity contribution is 5.26. The van der Waals surface area contributed by atoms with Gasteiger partial charge >= 0.3 is 0 Å². The highest BCUT2D eigenvalue weighted by atomic mass is 16.7. The van der Waals surface area contributed by atoms with Crippen molar-refractivity contribution < 1.29 is 39.4 Å². The molecule has 15 atom stereocenters. The van der Waals surface area contributed by atoms with E-state index in [4.69, 9.17) is 18.9 Å². The summed E-state index contributed by atoms with van der Waals surface area (Å²) in [6, 6.07) is 0. The van der Waals surface area contributed by atoms with Crippen LogP contribution >= 0.6 is 0 Å². The fourth-order valence-electron chi connectivity index (χ4n) is 12.9. The van der Waals surface area contributed by atoms with Crippen LogP contribution in [0, 0.1) is 45.3 Å². The van der Waals surface area contributed by atoms with Gasteiger partial charge in [-0.25, -0.2) is 0 Å². The number of hydrogen-bond acceptors (Lipinski definition) is 8. The molecule has 2 bridgehead atoms. The fraction of sp³-hybridized carbons (Fsp3) is 0.943. The lowest BCUT2D eigenvalue weighted by molar-refractivity contribution is -0.341. The zero-order chi connectivity index (χ0) is 31.0. The summed E-state index contributed by atoms with van der Waals surface area (Å²) in [6.07, 6.45) is 5.20. The summed E-state index contributed by atoms with van der Waals surface area (Å²) in [5, 5.41) is 42.8. The van der Waals surface area contributed by atoms with Gasteiger partial charge in [0.1, 0.15) is 18.3 Å². The molecule has 0 aromatic heterocycles. The Kier molecular flexibility index (Phi) is 7.02. The topological polar surface area (TPSA) is 118 Å². The second-order valence-corrected chi connectivity index (χ2v) is 17.4. The standard InChI is InChI=1S/C35H56O8/c1-19(2)14-20-15-33(7,39)28-21-8-9-24-31(5)12-11-25(42-29-27(38)26(37)22(36)16-40-29)30(3,4)23(31)10-13-32(24,6)34(21)17-35(28,43-20)41-18-34/h14,20-29,36-39H,8-13,15-18H2,1-7H3/t20-,21-,22+,23-,24-,25+,26+,27-,28+,29+,31+,32-,33+,34+,35+/m1/s1. The Morgan fingerprint density at radius 2 is 1.65 bits per heavy atom. The molecule has 0 amide bonds. The predicted octanol–water partition coefficient (Wildman–Crippen LogP) is 4.32. The van der Waals surface area contributed by atoms with Crippen molar-refractivity contribution in [2.24, 2.45) is 45.3 Å². The summed E-state index contributed by atoms with van der Waals surface area (Å²) in [7, 11) is 0. The van der Waals surface area contributed by atoms with Gasteiger partial charge in [-0.15, -0.1) is 0 Å². The molecule has 3 aliphatic heterocycles. The second kappa shape index (κ2) is 9.72. The summed E-state index contributed by atoms with van der Waals surface area (Å²) < 4.78 is 25.8. The van der Waals surface area contributed by atoms with Crippen LogP contribution in [-0.4, -0.2) is 81.8 Å². The van der Waals surface area contributed by atoms with E-state index in [2.05, 4.69) is 47.6 Å². The van der Waals surface area contributed by atoms with Crippen molar-refractivity contribution in [1.82, 2.24) is 0 Å². The van der Waals surface area contributed by atoms with Crippen LogP contribution in [0.4, 0.5) is 0 Å². The van der Waals surface area contributed by atoms with E-state index in [0.29, 0.717) is 24.2 Å². The Bertz CT molecular complexity index is 1150. The van der Waals surface area contributed by atoms with Gasteiger partial charge < -0.3 is 39.4 Å². The van der Waals surface area contributed by atoms with Crippen LogP contribution in [0.3, 0.4) is 0 Å². The van der Waals surface area contributed by atoms with Crippen LogP contribution in [0.2, 0.25) is 0 Å². The van der Waals surface area contributed by atoms with Crippen molar-refractivity contribution in [1.29, 1.82) is 0 Å². The number of ether oxygens (including phenoxy) is 4. The Morgan fingerprint density at radius 1 is 0.907 bits per heavy atom. The average Bonchev–Trinajstić information content (AvgIpc) is 3.42. The predicted molar refractivity (Wildman–Crippen MR) is 160 cm³/mol. The average molecular weight is 605 g/mol. The highest BCUT2D eigenvalue weighted by Gasteiger charge is 2.80. The summed E-state index contributed by atoms with van der Waals surface area (Å²) in [5.74, 6) is 0.645. The number of hydrogen-bond donors (Lipinski definition) is 4. The molecule has 0 radical (unpaired) electrons. The minimum Gasteiger partial charge on any atom is -0.390 e. The zero-order valence-electron chi connectivity index (χ0n) is 27.3. The number of rotatable bonds is 3. The van der Waals surface area contributed by atoms with Gasteiger partial charge in [0.25, 0.3) is 0 Å². The van der Waals surface area contributed by atoms with Crippen LogP contribution in [0.25, 0.3) is 0 Å². The largest absolute Gasteiger partial charge is 0.390 e. The lowest BCUT2D eigenvalue weighted by atomic mass is 9.35.